The van der Waals surface area contributed by atoms with Gasteiger partial charge in [0.05, 0.1) is 0 Å². The van der Waals surface area contributed by atoms with Gasteiger partial charge in [-0.15, -0.1) is 6.58 Å². The summed E-state index contributed by atoms with van der Waals surface area (Å²) in [5.41, 5.74) is -0.446. The molecule has 0 aliphatic rings. The molecule has 2 unspecified atom stereocenters. The number of carbonyl (C=O) groups excluding carboxylic acids is 1. The van der Waals surface area contributed by atoms with Gasteiger partial charge >= 0.3 is 0 Å². The van der Waals surface area contributed by atoms with Gasteiger partial charge in [0.25, 0.3) is 0 Å². The molecule has 0 aromatic heterocycles. The number of benzene rings is 2. The Bertz CT molecular complexity index is 689. The second kappa shape index (κ2) is 7.28. The number of hydrogen-bond acceptors (Lipinski definition) is 2. The minimum absolute atomic E-state index is 0.266. The van der Waals surface area contributed by atoms with Gasteiger partial charge in [-0.25, -0.2) is 0 Å². The molecule has 0 heterocycles. The second-order valence-electron chi connectivity index (χ2n) is 7.43. The van der Waals surface area contributed by atoms with Crippen molar-refractivity contribution in [2.24, 2.45) is 5.92 Å². The van der Waals surface area contributed by atoms with E-state index < -0.39 is 13.7 Å². The number of carbonyl (C=O) groups is 1. The fourth-order valence-corrected chi connectivity index (χ4v) is 4.86. The van der Waals surface area contributed by atoms with E-state index in [1.165, 1.54) is 0 Å². The second-order valence-corrected chi connectivity index (χ2v) is 13.0. The summed E-state index contributed by atoms with van der Waals surface area (Å²) >= 11 is 0. The Labute approximate surface area is 145 Å². The maximum Gasteiger partial charge on any atom is 0.199 e. The lowest BCUT2D eigenvalue weighted by Crippen LogP contribution is -2.45. The van der Waals surface area contributed by atoms with Gasteiger partial charge in [0.15, 0.2) is 11.4 Å². The summed E-state index contributed by atoms with van der Waals surface area (Å²) in [7, 11) is -1.51. The molecule has 0 saturated heterocycles. The summed E-state index contributed by atoms with van der Waals surface area (Å²) in [6, 6.07) is 19.0. The number of ketones is 1. The van der Waals surface area contributed by atoms with E-state index in [1.807, 2.05) is 48.5 Å². The van der Waals surface area contributed by atoms with Gasteiger partial charge in [0, 0.05) is 19.6 Å². The van der Waals surface area contributed by atoms with Crippen molar-refractivity contribution in [3.05, 3.63) is 84.4 Å². The highest BCUT2D eigenvalue weighted by atomic mass is 28.3. The van der Waals surface area contributed by atoms with Gasteiger partial charge < -0.3 is 5.11 Å². The van der Waals surface area contributed by atoms with Crippen molar-refractivity contribution in [2.45, 2.75) is 31.3 Å². The van der Waals surface area contributed by atoms with E-state index in [-0.39, 0.29) is 11.7 Å². The van der Waals surface area contributed by atoms with Crippen LogP contribution in [0.5, 0.6) is 0 Å². The van der Waals surface area contributed by atoms with Crippen molar-refractivity contribution in [1.29, 1.82) is 0 Å². The van der Waals surface area contributed by atoms with E-state index in [0.29, 0.717) is 11.1 Å². The average Bonchev–Trinajstić information content (AvgIpc) is 2.59. The molecule has 0 aliphatic heterocycles. The van der Waals surface area contributed by atoms with Crippen LogP contribution < -0.4 is 0 Å². The van der Waals surface area contributed by atoms with Crippen LogP contribution in [0.3, 0.4) is 0 Å². The Hall–Kier alpha value is -1.97. The summed E-state index contributed by atoms with van der Waals surface area (Å²) < 4.78 is 0. The molecule has 3 heteroatoms. The predicted molar refractivity (Wildman–Crippen MR) is 103 cm³/mol. The maximum absolute atomic E-state index is 13.3. The van der Waals surface area contributed by atoms with Gasteiger partial charge in [0.1, 0.15) is 0 Å². The molecular weight excluding hydrogens is 312 g/mol. The third-order valence-electron chi connectivity index (χ3n) is 4.25. The van der Waals surface area contributed by atoms with Crippen LogP contribution in [0.4, 0.5) is 0 Å². The molecule has 2 aromatic carbocycles. The van der Waals surface area contributed by atoms with Crippen LogP contribution in [0.1, 0.15) is 15.9 Å². The van der Waals surface area contributed by atoms with Crippen molar-refractivity contribution in [3.8, 4) is 0 Å². The molecule has 0 bridgehead atoms. The fourth-order valence-electron chi connectivity index (χ4n) is 3.08. The van der Waals surface area contributed by atoms with Gasteiger partial charge in [-0.3, -0.25) is 4.79 Å². The Morgan fingerprint density at radius 2 is 1.58 bits per heavy atom. The Morgan fingerprint density at radius 3 is 2.04 bits per heavy atom. The fraction of sp³-hybridized carbons (Fsp3) is 0.286. The summed E-state index contributed by atoms with van der Waals surface area (Å²) in [4.78, 5) is 13.3. The number of aliphatic hydroxyl groups is 1. The minimum Gasteiger partial charge on any atom is -0.376 e. The van der Waals surface area contributed by atoms with Crippen molar-refractivity contribution in [2.75, 3.05) is 0 Å². The SMILES string of the molecule is C=CC(C[Si](C)(C)C)C(O)(C(=O)c1ccccc1)c1ccccc1. The Morgan fingerprint density at radius 1 is 1.08 bits per heavy atom. The third kappa shape index (κ3) is 3.92. The lowest BCUT2D eigenvalue weighted by atomic mass is 9.76. The van der Waals surface area contributed by atoms with Crippen LogP contribution in [0.2, 0.25) is 25.7 Å². The van der Waals surface area contributed by atoms with Gasteiger partial charge in [-0.2, -0.15) is 0 Å². The van der Waals surface area contributed by atoms with Gasteiger partial charge in [-0.05, 0) is 11.6 Å². The lowest BCUT2D eigenvalue weighted by molar-refractivity contribution is 0.00977. The monoisotopic (exact) mass is 338 g/mol. The zero-order valence-corrected chi connectivity index (χ0v) is 15.7. The van der Waals surface area contributed by atoms with Gasteiger partial charge in [0.2, 0.25) is 0 Å². The van der Waals surface area contributed by atoms with Crippen LogP contribution in [-0.4, -0.2) is 19.0 Å². The minimum atomic E-state index is -1.59. The van der Waals surface area contributed by atoms with Crippen LogP contribution in [0.15, 0.2) is 73.3 Å². The largest absolute Gasteiger partial charge is 0.376 e. The molecule has 0 amide bonds. The highest BCUT2D eigenvalue weighted by molar-refractivity contribution is 6.76. The molecular formula is C21H26O2Si. The number of hydrogen-bond donors (Lipinski definition) is 1. The van der Waals surface area contributed by atoms with E-state index in [0.717, 1.165) is 6.04 Å². The summed E-state index contributed by atoms with van der Waals surface area (Å²) in [5.74, 6) is -0.586. The molecule has 0 aliphatic carbocycles. The first-order valence-corrected chi connectivity index (χ1v) is 12.0. The highest BCUT2D eigenvalue weighted by Crippen LogP contribution is 2.38. The van der Waals surface area contributed by atoms with E-state index in [1.54, 1.807) is 18.2 Å². The van der Waals surface area contributed by atoms with Gasteiger partial charge in [-0.1, -0.05) is 86.4 Å². The molecule has 0 spiro atoms. The first-order chi connectivity index (χ1) is 11.3. The van der Waals surface area contributed by atoms with Crippen LogP contribution in [0.25, 0.3) is 0 Å². The quantitative estimate of drug-likeness (QED) is 0.443. The predicted octanol–water partition coefficient (Wildman–Crippen LogP) is 4.90. The lowest BCUT2D eigenvalue weighted by Gasteiger charge is -2.36. The first-order valence-electron chi connectivity index (χ1n) is 8.29. The average molecular weight is 339 g/mol. The van der Waals surface area contributed by atoms with Crippen LogP contribution in [-0.2, 0) is 5.60 Å². The highest BCUT2D eigenvalue weighted by Gasteiger charge is 2.45. The van der Waals surface area contributed by atoms with Crippen molar-refractivity contribution in [1.82, 2.24) is 0 Å². The molecule has 0 radical (unpaired) electrons. The Balaban J connectivity index is 2.57. The topological polar surface area (TPSA) is 37.3 Å². The van der Waals surface area contributed by atoms with E-state index in [4.69, 9.17) is 0 Å². The summed E-state index contributed by atoms with van der Waals surface area (Å²) in [6.45, 7) is 10.6. The molecule has 126 valence electrons. The zero-order valence-electron chi connectivity index (χ0n) is 14.7. The smallest absolute Gasteiger partial charge is 0.199 e. The zero-order chi connectivity index (χ0) is 17.8. The molecule has 24 heavy (non-hydrogen) atoms. The van der Waals surface area contributed by atoms with E-state index in [9.17, 15) is 9.90 Å². The molecule has 2 rings (SSSR count). The summed E-state index contributed by atoms with van der Waals surface area (Å²) in [5, 5.41) is 11.6. The van der Waals surface area contributed by atoms with Crippen LogP contribution >= 0.6 is 0 Å². The molecule has 0 fully saturated rings. The maximum atomic E-state index is 13.3. The number of rotatable bonds is 7. The Kier molecular flexibility index (Phi) is 5.57. The van der Waals surface area contributed by atoms with Crippen molar-refractivity contribution < 1.29 is 9.90 Å². The molecule has 2 aromatic rings. The molecule has 0 saturated carbocycles. The normalized spacial score (nSPS) is 15.3. The van der Waals surface area contributed by atoms with Crippen molar-refractivity contribution in [3.63, 3.8) is 0 Å². The van der Waals surface area contributed by atoms with Crippen molar-refractivity contribution >= 4 is 13.9 Å². The van der Waals surface area contributed by atoms with E-state index >= 15 is 0 Å². The summed E-state index contributed by atoms with van der Waals surface area (Å²) in [6.07, 6.45) is 1.74. The molecule has 1 N–H and O–H groups in total. The van der Waals surface area contributed by atoms with E-state index in [2.05, 4.69) is 26.2 Å². The number of Topliss-reactive ketones (excluding diaryl/α,β-unsaturated/α-hetero) is 1. The molecule has 2 nitrogen and oxygen atoms in total. The third-order valence-corrected chi connectivity index (χ3v) is 5.91. The first kappa shape index (κ1) is 18.4. The standard InChI is InChI=1S/C21H26O2Si/c1-5-18(16-24(2,3)4)21(23,19-14-10-7-11-15-19)20(22)17-12-8-6-9-13-17/h5-15,18,23H,1,16H2,2-4H3. The molecule has 2 atom stereocenters. The van der Waals surface area contributed by atoms with Crippen LogP contribution in [0, 0.1) is 5.92 Å².